The van der Waals surface area contributed by atoms with Crippen LogP contribution in [0.4, 0.5) is 8.78 Å². The lowest BCUT2D eigenvalue weighted by Crippen LogP contribution is -2.31. The van der Waals surface area contributed by atoms with Crippen LogP contribution in [0.1, 0.15) is 37.3 Å². The van der Waals surface area contributed by atoms with Gasteiger partial charge in [-0.15, -0.1) is 0 Å². The van der Waals surface area contributed by atoms with Crippen LogP contribution in [0.3, 0.4) is 0 Å². The molecule has 1 aliphatic carbocycles. The van der Waals surface area contributed by atoms with Gasteiger partial charge in [0.05, 0.1) is 0 Å². The zero-order chi connectivity index (χ0) is 13.0. The first-order chi connectivity index (χ1) is 8.70. The SMILES string of the molecule is NCC(NCCC1CCC1)c1cc(F)ccc1F. The second-order valence-corrected chi connectivity index (χ2v) is 4.99. The predicted molar refractivity (Wildman–Crippen MR) is 68.1 cm³/mol. The van der Waals surface area contributed by atoms with Gasteiger partial charge in [0.1, 0.15) is 11.6 Å². The Bertz CT molecular complexity index is 391. The van der Waals surface area contributed by atoms with Crippen LogP contribution in [0.15, 0.2) is 18.2 Å². The highest BCUT2D eigenvalue weighted by molar-refractivity contribution is 5.22. The van der Waals surface area contributed by atoms with Gasteiger partial charge in [-0.25, -0.2) is 8.78 Å². The molecule has 0 bridgehead atoms. The number of halogens is 2. The van der Waals surface area contributed by atoms with E-state index in [4.69, 9.17) is 5.73 Å². The van der Waals surface area contributed by atoms with Crippen LogP contribution in [0.5, 0.6) is 0 Å². The fourth-order valence-electron chi connectivity index (χ4n) is 2.35. The quantitative estimate of drug-likeness (QED) is 0.819. The van der Waals surface area contributed by atoms with Gasteiger partial charge >= 0.3 is 0 Å². The third-order valence-corrected chi connectivity index (χ3v) is 3.74. The van der Waals surface area contributed by atoms with Crippen molar-refractivity contribution < 1.29 is 8.78 Å². The summed E-state index contributed by atoms with van der Waals surface area (Å²) in [5, 5.41) is 3.22. The van der Waals surface area contributed by atoms with Crippen LogP contribution in [-0.4, -0.2) is 13.1 Å². The molecule has 0 amide bonds. The lowest BCUT2D eigenvalue weighted by Gasteiger charge is -2.26. The summed E-state index contributed by atoms with van der Waals surface area (Å²) in [5.74, 6) is -0.0260. The maximum atomic E-state index is 13.6. The predicted octanol–water partition coefficient (Wildman–Crippen LogP) is 2.74. The number of rotatable bonds is 6. The Morgan fingerprint density at radius 2 is 2.11 bits per heavy atom. The van der Waals surface area contributed by atoms with Crippen molar-refractivity contribution in [1.29, 1.82) is 0 Å². The molecule has 2 nitrogen and oxygen atoms in total. The van der Waals surface area contributed by atoms with Crippen molar-refractivity contribution in [1.82, 2.24) is 5.32 Å². The van der Waals surface area contributed by atoms with Crippen molar-refractivity contribution in [3.63, 3.8) is 0 Å². The molecule has 4 heteroatoms. The summed E-state index contributed by atoms with van der Waals surface area (Å²) >= 11 is 0. The van der Waals surface area contributed by atoms with E-state index in [-0.39, 0.29) is 12.6 Å². The molecule has 0 aliphatic heterocycles. The van der Waals surface area contributed by atoms with Crippen molar-refractivity contribution in [2.75, 3.05) is 13.1 Å². The van der Waals surface area contributed by atoms with E-state index in [9.17, 15) is 8.78 Å². The van der Waals surface area contributed by atoms with Crippen molar-refractivity contribution in [2.24, 2.45) is 11.7 Å². The van der Waals surface area contributed by atoms with E-state index >= 15 is 0 Å². The Hall–Kier alpha value is -1.00. The number of benzene rings is 1. The summed E-state index contributed by atoms with van der Waals surface area (Å²) in [6, 6.07) is 3.20. The van der Waals surface area contributed by atoms with Crippen LogP contribution in [-0.2, 0) is 0 Å². The normalized spacial score (nSPS) is 17.5. The average molecular weight is 254 g/mol. The summed E-state index contributed by atoms with van der Waals surface area (Å²) in [7, 11) is 0. The summed E-state index contributed by atoms with van der Waals surface area (Å²) < 4.78 is 26.7. The third kappa shape index (κ3) is 3.27. The van der Waals surface area contributed by atoms with E-state index in [1.54, 1.807) is 0 Å². The highest BCUT2D eigenvalue weighted by Gasteiger charge is 2.19. The van der Waals surface area contributed by atoms with Crippen molar-refractivity contribution >= 4 is 0 Å². The Labute approximate surface area is 107 Å². The minimum Gasteiger partial charge on any atom is -0.329 e. The molecule has 1 aromatic rings. The molecule has 18 heavy (non-hydrogen) atoms. The second-order valence-electron chi connectivity index (χ2n) is 4.99. The van der Waals surface area contributed by atoms with Gasteiger partial charge in [-0.1, -0.05) is 19.3 Å². The van der Waals surface area contributed by atoms with Gasteiger partial charge in [-0.3, -0.25) is 0 Å². The molecule has 0 saturated heterocycles. The number of hydrogen-bond donors (Lipinski definition) is 2. The van der Waals surface area contributed by atoms with Gasteiger partial charge < -0.3 is 11.1 Å². The number of hydrogen-bond acceptors (Lipinski definition) is 2. The molecular formula is C14H20F2N2. The van der Waals surface area contributed by atoms with Gasteiger partial charge in [0.2, 0.25) is 0 Å². The van der Waals surface area contributed by atoms with Crippen molar-refractivity contribution in [3.8, 4) is 0 Å². The highest BCUT2D eigenvalue weighted by Crippen LogP contribution is 2.29. The smallest absolute Gasteiger partial charge is 0.128 e. The van der Waals surface area contributed by atoms with Crippen molar-refractivity contribution in [3.05, 3.63) is 35.4 Å². The molecule has 1 aromatic carbocycles. The molecule has 0 heterocycles. The first kappa shape index (κ1) is 13.4. The van der Waals surface area contributed by atoms with Gasteiger partial charge in [-0.2, -0.15) is 0 Å². The molecule has 1 fully saturated rings. The fraction of sp³-hybridized carbons (Fsp3) is 0.571. The zero-order valence-corrected chi connectivity index (χ0v) is 10.5. The lowest BCUT2D eigenvalue weighted by atomic mass is 9.83. The van der Waals surface area contributed by atoms with Crippen LogP contribution in [0.25, 0.3) is 0 Å². The molecule has 100 valence electrons. The second kappa shape index (κ2) is 6.25. The van der Waals surface area contributed by atoms with Crippen LogP contribution >= 0.6 is 0 Å². The molecule has 1 atom stereocenters. The summed E-state index contributed by atoms with van der Waals surface area (Å²) in [4.78, 5) is 0. The maximum Gasteiger partial charge on any atom is 0.128 e. The molecule has 0 aromatic heterocycles. The highest BCUT2D eigenvalue weighted by atomic mass is 19.1. The Morgan fingerprint density at radius 1 is 1.33 bits per heavy atom. The van der Waals surface area contributed by atoms with Crippen LogP contribution < -0.4 is 11.1 Å². The zero-order valence-electron chi connectivity index (χ0n) is 10.5. The molecular weight excluding hydrogens is 234 g/mol. The molecule has 3 N–H and O–H groups in total. The summed E-state index contributed by atoms with van der Waals surface area (Å²) in [6.07, 6.45) is 5.00. The van der Waals surface area contributed by atoms with Gasteiger partial charge in [-0.05, 0) is 37.1 Å². The minimum atomic E-state index is -0.425. The first-order valence-electron chi connectivity index (χ1n) is 6.59. The van der Waals surface area contributed by atoms with E-state index in [1.165, 1.54) is 25.3 Å². The largest absolute Gasteiger partial charge is 0.329 e. The Kier molecular flexibility index (Phi) is 4.66. The molecule has 2 rings (SSSR count). The van der Waals surface area contributed by atoms with Gasteiger partial charge in [0, 0.05) is 18.2 Å². The summed E-state index contributed by atoms with van der Waals surface area (Å²) in [5.41, 5.74) is 5.96. The number of nitrogens with two attached hydrogens (primary N) is 1. The minimum absolute atomic E-state index is 0.269. The molecule has 0 spiro atoms. The van der Waals surface area contributed by atoms with E-state index in [2.05, 4.69) is 5.32 Å². The fourth-order valence-corrected chi connectivity index (χ4v) is 2.35. The van der Waals surface area contributed by atoms with Crippen LogP contribution in [0, 0.1) is 17.6 Å². The number of nitrogens with one attached hydrogen (secondary N) is 1. The molecule has 1 unspecified atom stereocenters. The van der Waals surface area contributed by atoms with Crippen molar-refractivity contribution in [2.45, 2.75) is 31.7 Å². The standard InChI is InChI=1S/C14H20F2N2/c15-11-4-5-13(16)12(8-11)14(9-17)18-7-6-10-2-1-3-10/h4-5,8,10,14,18H,1-3,6-7,9,17H2. The van der Waals surface area contributed by atoms with Gasteiger partial charge in [0.25, 0.3) is 0 Å². The maximum absolute atomic E-state index is 13.6. The first-order valence-corrected chi connectivity index (χ1v) is 6.59. The molecule has 0 radical (unpaired) electrons. The Morgan fingerprint density at radius 3 is 2.72 bits per heavy atom. The molecule has 1 aliphatic rings. The lowest BCUT2D eigenvalue weighted by molar-refractivity contribution is 0.287. The third-order valence-electron chi connectivity index (χ3n) is 3.74. The van der Waals surface area contributed by atoms with E-state index in [1.807, 2.05) is 0 Å². The monoisotopic (exact) mass is 254 g/mol. The van der Waals surface area contributed by atoms with Crippen LogP contribution in [0.2, 0.25) is 0 Å². The van der Waals surface area contributed by atoms with E-state index in [0.29, 0.717) is 5.56 Å². The van der Waals surface area contributed by atoms with E-state index in [0.717, 1.165) is 31.0 Å². The average Bonchev–Trinajstić information content (AvgIpc) is 2.31. The topological polar surface area (TPSA) is 38.0 Å². The molecule has 1 saturated carbocycles. The van der Waals surface area contributed by atoms with E-state index < -0.39 is 11.6 Å². The summed E-state index contributed by atoms with van der Waals surface area (Å²) in [6.45, 7) is 1.08. The van der Waals surface area contributed by atoms with Gasteiger partial charge in [0.15, 0.2) is 0 Å². The Balaban J connectivity index is 1.91.